The molecule has 0 saturated heterocycles. The molecule has 0 unspecified atom stereocenters. The number of pyridine rings is 2. The van der Waals surface area contributed by atoms with Crippen LogP contribution in [0.25, 0.3) is 0 Å². The zero-order valence-corrected chi connectivity index (χ0v) is 21.7. The van der Waals surface area contributed by atoms with Gasteiger partial charge in [-0.25, -0.2) is 27.7 Å². The average molecular weight is 533 g/mol. The van der Waals surface area contributed by atoms with E-state index in [4.69, 9.17) is 0 Å². The van der Waals surface area contributed by atoms with Crippen LogP contribution in [0.2, 0.25) is 0 Å². The Hall–Kier alpha value is -2.91. The van der Waals surface area contributed by atoms with Crippen molar-refractivity contribution >= 4 is 33.4 Å². The Bertz CT molecular complexity index is 1270. The predicted molar refractivity (Wildman–Crippen MR) is 130 cm³/mol. The van der Waals surface area contributed by atoms with Gasteiger partial charge >= 0.3 is 0 Å². The molecule has 4 heterocycles. The summed E-state index contributed by atoms with van der Waals surface area (Å²) in [5.74, 6) is 1.49. The number of nitrogens with zero attached hydrogens (tertiary/aromatic N) is 10. The highest BCUT2D eigenvalue weighted by Crippen LogP contribution is 2.26. The number of rotatable bonds is 12. The molecule has 4 aromatic heterocycles. The zero-order valence-electron chi connectivity index (χ0n) is 19.2. The summed E-state index contributed by atoms with van der Waals surface area (Å²) in [7, 11) is -0.319. The fourth-order valence-corrected chi connectivity index (χ4v) is 6.53. The third-order valence-corrected chi connectivity index (χ3v) is 8.96. The van der Waals surface area contributed by atoms with Crippen molar-refractivity contribution in [3.8, 4) is 0 Å². The Morgan fingerprint density at radius 2 is 1.23 bits per heavy atom. The maximum atomic E-state index is 13.6. The van der Waals surface area contributed by atoms with Gasteiger partial charge in [-0.1, -0.05) is 35.7 Å². The van der Waals surface area contributed by atoms with E-state index in [1.807, 2.05) is 12.1 Å². The van der Waals surface area contributed by atoms with Crippen LogP contribution < -0.4 is 0 Å². The molecule has 4 rings (SSSR count). The van der Waals surface area contributed by atoms with Gasteiger partial charge in [0.05, 0.1) is 0 Å². The van der Waals surface area contributed by atoms with E-state index in [0.717, 1.165) is 34.7 Å². The van der Waals surface area contributed by atoms with Crippen LogP contribution in [0.5, 0.6) is 0 Å². The van der Waals surface area contributed by atoms with Gasteiger partial charge in [-0.3, -0.25) is 0 Å². The molecule has 35 heavy (non-hydrogen) atoms. The first kappa shape index (κ1) is 25.2. The Kier molecular flexibility index (Phi) is 8.41. The molecule has 0 aliphatic carbocycles. The van der Waals surface area contributed by atoms with E-state index >= 15 is 0 Å². The third-order valence-electron chi connectivity index (χ3n) is 5.01. The fourth-order valence-electron chi connectivity index (χ4n) is 3.34. The van der Waals surface area contributed by atoms with Gasteiger partial charge in [0.2, 0.25) is 20.2 Å². The summed E-state index contributed by atoms with van der Waals surface area (Å²) >= 11 is 3.05. The predicted octanol–water partition coefficient (Wildman–Crippen LogP) is 1.81. The molecular weight excluding hydrogens is 508 g/mol. The van der Waals surface area contributed by atoms with Crippen LogP contribution in [0.15, 0.2) is 57.0 Å². The molecule has 184 valence electrons. The molecule has 0 aromatic carbocycles. The molecule has 4 aromatic rings. The second kappa shape index (κ2) is 11.7. The van der Waals surface area contributed by atoms with Gasteiger partial charge in [-0.15, -0.1) is 10.2 Å². The highest BCUT2D eigenvalue weighted by Gasteiger charge is 2.26. The van der Waals surface area contributed by atoms with Crippen LogP contribution in [-0.4, -0.2) is 70.3 Å². The lowest BCUT2D eigenvalue weighted by Crippen LogP contribution is -2.13. The van der Waals surface area contributed by atoms with E-state index in [1.54, 1.807) is 35.6 Å². The summed E-state index contributed by atoms with van der Waals surface area (Å²) in [6, 6.07) is 7.13. The quantitative estimate of drug-likeness (QED) is 0.193. The van der Waals surface area contributed by atoms with Gasteiger partial charge in [-0.05, 0) is 69.8 Å². The molecule has 0 bridgehead atoms. The molecule has 15 heteroatoms. The Morgan fingerprint density at radius 1 is 0.771 bits per heavy atom. The van der Waals surface area contributed by atoms with E-state index in [9.17, 15) is 8.42 Å². The van der Waals surface area contributed by atoms with E-state index in [0.29, 0.717) is 24.0 Å². The highest BCUT2D eigenvalue weighted by molar-refractivity contribution is 7.99. The summed E-state index contributed by atoms with van der Waals surface area (Å²) in [4.78, 5) is 8.50. The summed E-state index contributed by atoms with van der Waals surface area (Å²) in [6.45, 7) is 0. The van der Waals surface area contributed by atoms with Crippen molar-refractivity contribution in [1.82, 2.24) is 50.4 Å². The molecule has 12 nitrogen and oxygen atoms in total. The van der Waals surface area contributed by atoms with Crippen molar-refractivity contribution in [1.29, 1.82) is 0 Å². The van der Waals surface area contributed by atoms with Crippen molar-refractivity contribution in [2.24, 2.45) is 14.1 Å². The minimum Gasteiger partial charge on any atom is -0.244 e. The lowest BCUT2D eigenvalue weighted by Gasteiger charge is -2.12. The molecule has 0 amide bonds. The lowest BCUT2D eigenvalue weighted by molar-refractivity contribution is 0.584. The van der Waals surface area contributed by atoms with Crippen LogP contribution in [-0.2, 0) is 36.8 Å². The number of aromatic nitrogens is 10. The van der Waals surface area contributed by atoms with Crippen LogP contribution in [0.3, 0.4) is 0 Å². The molecule has 0 fully saturated rings. The van der Waals surface area contributed by atoms with Gasteiger partial charge in [0.25, 0.3) is 0 Å². The number of aryl methyl sites for hydroxylation is 4. The summed E-state index contributed by atoms with van der Waals surface area (Å²) in [5, 5.41) is 24.3. The first-order valence-corrected chi connectivity index (χ1v) is 14.3. The first-order chi connectivity index (χ1) is 17.0. The normalized spacial score (nSPS) is 11.7. The SMILES string of the molecule is Cn1nnnc1SCCCc1cccnc1S(=O)(=O)c1ncccc1CCCSc1nnnn1C. The molecule has 0 aliphatic rings. The van der Waals surface area contributed by atoms with Crippen molar-refractivity contribution in [2.75, 3.05) is 11.5 Å². The topological polar surface area (TPSA) is 147 Å². The van der Waals surface area contributed by atoms with Gasteiger partial charge in [-0.2, -0.15) is 0 Å². The maximum absolute atomic E-state index is 13.6. The zero-order chi connectivity index (χ0) is 24.7. The number of hydrogen-bond donors (Lipinski definition) is 0. The maximum Gasteiger partial charge on any atom is 0.241 e. The fraction of sp³-hybridized carbons (Fsp3) is 0.400. The molecule has 0 aliphatic heterocycles. The highest BCUT2D eigenvalue weighted by atomic mass is 32.2. The summed E-state index contributed by atoms with van der Waals surface area (Å²) < 4.78 is 30.4. The van der Waals surface area contributed by atoms with E-state index in [-0.39, 0.29) is 10.1 Å². The van der Waals surface area contributed by atoms with Gasteiger partial charge < -0.3 is 0 Å². The first-order valence-electron chi connectivity index (χ1n) is 10.8. The van der Waals surface area contributed by atoms with Gasteiger partial charge in [0.15, 0.2) is 10.1 Å². The Morgan fingerprint density at radius 3 is 1.63 bits per heavy atom. The van der Waals surface area contributed by atoms with Crippen LogP contribution >= 0.6 is 23.5 Å². The average Bonchev–Trinajstić information content (AvgIpc) is 3.47. The second-order valence-electron chi connectivity index (χ2n) is 7.51. The largest absolute Gasteiger partial charge is 0.244 e. The molecule has 0 N–H and O–H groups in total. The van der Waals surface area contributed by atoms with Crippen LogP contribution in [0, 0.1) is 0 Å². The number of hydrogen-bond acceptors (Lipinski definition) is 12. The molecule has 0 saturated carbocycles. The standard InChI is InChI=1S/C20H24N10O2S3/c1-29-19(23-25-27-29)33-13-5-9-15-7-3-11-21-17(15)35(31,32)18-16(8-4-12-22-18)10-6-14-34-20-24-26-28-30(20)2/h3-4,7-8,11-12H,5-6,9-10,13-14H2,1-2H3. The van der Waals surface area contributed by atoms with Crippen molar-refractivity contribution in [3.63, 3.8) is 0 Å². The number of sulfone groups is 1. The van der Waals surface area contributed by atoms with Gasteiger partial charge in [0, 0.05) is 38.0 Å². The molecule has 0 atom stereocenters. The van der Waals surface area contributed by atoms with Crippen molar-refractivity contribution in [2.45, 2.75) is 46.0 Å². The van der Waals surface area contributed by atoms with E-state index in [2.05, 4.69) is 41.0 Å². The minimum absolute atomic E-state index is 0.0600. The van der Waals surface area contributed by atoms with Crippen LogP contribution in [0.1, 0.15) is 24.0 Å². The Balaban J connectivity index is 1.43. The molecule has 0 spiro atoms. The van der Waals surface area contributed by atoms with Crippen LogP contribution in [0.4, 0.5) is 0 Å². The molecule has 0 radical (unpaired) electrons. The van der Waals surface area contributed by atoms with E-state index in [1.165, 1.54) is 35.9 Å². The third kappa shape index (κ3) is 6.21. The van der Waals surface area contributed by atoms with Crippen molar-refractivity contribution < 1.29 is 8.42 Å². The van der Waals surface area contributed by atoms with E-state index < -0.39 is 9.84 Å². The lowest BCUT2D eigenvalue weighted by atomic mass is 10.2. The second-order valence-corrected chi connectivity index (χ2v) is 11.4. The molecular formula is C20H24N10O2S3. The smallest absolute Gasteiger partial charge is 0.241 e. The van der Waals surface area contributed by atoms with Gasteiger partial charge in [0.1, 0.15) is 0 Å². The number of thioether (sulfide) groups is 2. The number of tetrazole rings is 2. The minimum atomic E-state index is -3.88. The Labute approximate surface area is 211 Å². The monoisotopic (exact) mass is 532 g/mol. The summed E-state index contributed by atoms with van der Waals surface area (Å²) in [5.41, 5.74) is 1.34. The summed E-state index contributed by atoms with van der Waals surface area (Å²) in [6.07, 6.45) is 5.62. The van der Waals surface area contributed by atoms with Crippen molar-refractivity contribution in [3.05, 3.63) is 47.8 Å².